The van der Waals surface area contributed by atoms with Crippen LogP contribution in [0.4, 0.5) is 27.6 Å². The molecule has 6 nitrogen and oxygen atoms in total. The topological polar surface area (TPSA) is 70.6 Å². The molecule has 0 unspecified atom stereocenters. The third-order valence-corrected chi connectivity index (χ3v) is 9.84. The molecule has 1 saturated heterocycles. The number of hydrogen-bond donors (Lipinski definition) is 0. The van der Waals surface area contributed by atoms with Gasteiger partial charge in [0.05, 0.1) is 12.2 Å². The van der Waals surface area contributed by atoms with Gasteiger partial charge in [0.2, 0.25) is 15.9 Å². The summed E-state index contributed by atoms with van der Waals surface area (Å²) in [4.78, 5) is 17.7. The quantitative estimate of drug-likeness (QED) is 0.244. The molecule has 1 amide bonds. The smallest absolute Gasteiger partial charge is 0.249 e. The van der Waals surface area contributed by atoms with Crippen molar-refractivity contribution < 1.29 is 35.2 Å². The summed E-state index contributed by atoms with van der Waals surface area (Å²) in [5.41, 5.74) is 0.810. The third-order valence-electron chi connectivity index (χ3n) is 7.91. The minimum Gasteiger partial charge on any atom is -0.305 e. The van der Waals surface area contributed by atoms with Crippen LogP contribution in [-0.4, -0.2) is 36.2 Å². The molecule has 0 bridgehead atoms. The van der Waals surface area contributed by atoms with Crippen molar-refractivity contribution in [2.45, 2.75) is 68.8 Å². The Morgan fingerprint density at radius 2 is 1.54 bits per heavy atom. The minimum atomic E-state index is -5.15. The summed E-state index contributed by atoms with van der Waals surface area (Å²) in [6.45, 7) is 0.371. The molecule has 1 aliphatic carbocycles. The van der Waals surface area contributed by atoms with Gasteiger partial charge in [-0.3, -0.25) is 9.78 Å². The average molecular weight is 594 g/mol. The Labute approximate surface area is 234 Å². The van der Waals surface area contributed by atoms with Crippen LogP contribution in [0.1, 0.15) is 61.3 Å². The van der Waals surface area contributed by atoms with E-state index in [0.29, 0.717) is 15.9 Å². The van der Waals surface area contributed by atoms with E-state index in [0.717, 1.165) is 50.3 Å². The standard InChI is InChI=1S/C29H28F5N3O3S/c1-17-24(31)26(33)28(27(34)25(17)32)41(39,40)37-14-13-23(37)29(38)36(22-11-8-20(30)9-12-22)16-21-10-7-19(15-35-21)18-5-3-2-4-6-18/h7-12,15,18,23H,2-6,13-14,16H2,1H3/t23-/m1/s1. The van der Waals surface area contributed by atoms with Gasteiger partial charge in [0, 0.05) is 24.0 Å². The van der Waals surface area contributed by atoms with Gasteiger partial charge in [0.1, 0.15) is 11.9 Å². The first-order valence-electron chi connectivity index (χ1n) is 13.4. The summed E-state index contributed by atoms with van der Waals surface area (Å²) >= 11 is 0. The number of carbonyl (C=O) groups excluding carboxylic acids is 1. The van der Waals surface area contributed by atoms with Gasteiger partial charge in [-0.1, -0.05) is 25.3 Å². The largest absolute Gasteiger partial charge is 0.305 e. The maximum atomic E-state index is 14.6. The number of anilines is 1. The SMILES string of the molecule is Cc1c(F)c(F)c(S(=O)(=O)N2CC[C@@H]2C(=O)N(Cc2ccc(C3CCCCC3)cn2)c2ccc(F)cc2)c(F)c1F. The highest BCUT2D eigenvalue weighted by Gasteiger charge is 2.47. The van der Waals surface area contributed by atoms with Gasteiger partial charge >= 0.3 is 0 Å². The second-order valence-electron chi connectivity index (χ2n) is 10.4. The van der Waals surface area contributed by atoms with Crippen LogP contribution in [0, 0.1) is 36.0 Å². The molecule has 3 aromatic rings. The summed E-state index contributed by atoms with van der Waals surface area (Å²) < 4.78 is 98.3. The van der Waals surface area contributed by atoms with E-state index in [9.17, 15) is 35.2 Å². The lowest BCUT2D eigenvalue weighted by molar-refractivity contribution is -0.125. The van der Waals surface area contributed by atoms with E-state index in [1.165, 1.54) is 23.5 Å². The summed E-state index contributed by atoms with van der Waals surface area (Å²) in [5.74, 6) is -8.69. The monoisotopic (exact) mass is 593 g/mol. The molecule has 218 valence electrons. The molecule has 1 saturated carbocycles. The highest BCUT2D eigenvalue weighted by Crippen LogP contribution is 2.36. The van der Waals surface area contributed by atoms with E-state index in [1.807, 2.05) is 6.07 Å². The lowest BCUT2D eigenvalue weighted by Crippen LogP contribution is -2.59. The van der Waals surface area contributed by atoms with Crippen molar-refractivity contribution in [3.05, 3.63) is 88.5 Å². The van der Waals surface area contributed by atoms with Crippen molar-refractivity contribution in [2.24, 2.45) is 0 Å². The van der Waals surface area contributed by atoms with Crippen molar-refractivity contribution in [1.82, 2.24) is 9.29 Å². The number of sulfonamides is 1. The Bertz CT molecular complexity index is 1530. The Hall–Kier alpha value is -3.38. The number of halogens is 5. The number of carbonyl (C=O) groups is 1. The fourth-order valence-corrected chi connectivity index (χ4v) is 7.17. The maximum Gasteiger partial charge on any atom is 0.249 e. The molecule has 41 heavy (non-hydrogen) atoms. The summed E-state index contributed by atoms with van der Waals surface area (Å²) in [6, 6.07) is 7.23. The van der Waals surface area contributed by atoms with Crippen molar-refractivity contribution in [3.8, 4) is 0 Å². The van der Waals surface area contributed by atoms with Gasteiger partial charge in [0.15, 0.2) is 28.2 Å². The summed E-state index contributed by atoms with van der Waals surface area (Å²) in [6.07, 6.45) is 7.39. The van der Waals surface area contributed by atoms with Gasteiger partial charge in [-0.25, -0.2) is 30.4 Å². The van der Waals surface area contributed by atoms with E-state index >= 15 is 0 Å². The van der Waals surface area contributed by atoms with Crippen molar-refractivity contribution >= 4 is 21.6 Å². The highest BCUT2D eigenvalue weighted by atomic mass is 32.2. The van der Waals surface area contributed by atoms with Crippen LogP contribution in [0.15, 0.2) is 47.5 Å². The molecule has 0 radical (unpaired) electrons. The highest BCUT2D eigenvalue weighted by molar-refractivity contribution is 7.89. The molecule has 1 aromatic heterocycles. The van der Waals surface area contributed by atoms with Crippen molar-refractivity contribution in [1.29, 1.82) is 0 Å². The zero-order valence-corrected chi connectivity index (χ0v) is 23.0. The molecule has 0 spiro atoms. The first-order chi connectivity index (χ1) is 19.5. The molecule has 2 heterocycles. The van der Waals surface area contributed by atoms with Gasteiger partial charge in [-0.15, -0.1) is 0 Å². The van der Waals surface area contributed by atoms with Crippen LogP contribution < -0.4 is 4.90 Å². The molecule has 1 atom stereocenters. The van der Waals surface area contributed by atoms with Crippen molar-refractivity contribution in [3.63, 3.8) is 0 Å². The van der Waals surface area contributed by atoms with Gasteiger partial charge < -0.3 is 4.90 Å². The molecule has 12 heteroatoms. The molecular formula is C29H28F5N3O3S. The van der Waals surface area contributed by atoms with Crippen LogP contribution in [-0.2, 0) is 21.4 Å². The van der Waals surface area contributed by atoms with Crippen molar-refractivity contribution in [2.75, 3.05) is 11.4 Å². The number of benzene rings is 2. The first-order valence-corrected chi connectivity index (χ1v) is 14.8. The Kier molecular flexibility index (Phi) is 8.15. The lowest BCUT2D eigenvalue weighted by atomic mass is 9.85. The average Bonchev–Trinajstić information content (AvgIpc) is 2.94. The molecule has 2 fully saturated rings. The Morgan fingerprint density at radius 3 is 2.07 bits per heavy atom. The predicted octanol–water partition coefficient (Wildman–Crippen LogP) is 6.13. The predicted molar refractivity (Wildman–Crippen MR) is 141 cm³/mol. The lowest BCUT2D eigenvalue weighted by Gasteiger charge is -2.41. The molecular weight excluding hydrogens is 565 g/mol. The van der Waals surface area contributed by atoms with Crippen LogP contribution >= 0.6 is 0 Å². The van der Waals surface area contributed by atoms with E-state index < -0.39 is 61.5 Å². The Morgan fingerprint density at radius 1 is 0.902 bits per heavy atom. The number of pyridine rings is 1. The normalized spacial score (nSPS) is 18.2. The minimum absolute atomic E-state index is 0.0101. The van der Waals surface area contributed by atoms with E-state index in [1.54, 1.807) is 12.3 Å². The second kappa shape index (κ2) is 11.5. The second-order valence-corrected chi connectivity index (χ2v) is 12.3. The third kappa shape index (κ3) is 5.46. The zero-order chi connectivity index (χ0) is 29.5. The number of rotatable bonds is 7. The fraction of sp³-hybridized carbons (Fsp3) is 0.379. The number of aromatic nitrogens is 1. The van der Waals surface area contributed by atoms with Crippen LogP contribution in [0.25, 0.3) is 0 Å². The first kappa shape index (κ1) is 29.1. The van der Waals surface area contributed by atoms with Gasteiger partial charge in [0.25, 0.3) is 0 Å². The van der Waals surface area contributed by atoms with Crippen LogP contribution in [0.2, 0.25) is 0 Å². The summed E-state index contributed by atoms with van der Waals surface area (Å²) in [7, 11) is -5.15. The van der Waals surface area contributed by atoms with E-state index in [-0.39, 0.29) is 25.2 Å². The van der Waals surface area contributed by atoms with E-state index in [4.69, 9.17) is 0 Å². The number of amides is 1. The van der Waals surface area contributed by atoms with Gasteiger partial charge in [-0.2, -0.15) is 4.31 Å². The molecule has 2 aromatic carbocycles. The van der Waals surface area contributed by atoms with Crippen LogP contribution in [0.3, 0.4) is 0 Å². The maximum absolute atomic E-state index is 14.6. The molecule has 0 N–H and O–H groups in total. The Balaban J connectivity index is 1.44. The molecule has 5 rings (SSSR count). The molecule has 1 aliphatic heterocycles. The van der Waals surface area contributed by atoms with Gasteiger partial charge in [-0.05, 0) is 68.0 Å². The fourth-order valence-electron chi connectivity index (χ4n) is 5.43. The van der Waals surface area contributed by atoms with E-state index in [2.05, 4.69) is 4.98 Å². The number of nitrogens with zero attached hydrogens (tertiary/aromatic N) is 3. The molecule has 2 aliphatic rings. The summed E-state index contributed by atoms with van der Waals surface area (Å²) in [5, 5.41) is 0. The van der Waals surface area contributed by atoms with Crippen LogP contribution in [0.5, 0.6) is 0 Å². The number of hydrogen-bond acceptors (Lipinski definition) is 4. The zero-order valence-electron chi connectivity index (χ0n) is 22.2.